The maximum Gasteiger partial charge on any atom is 0.305 e. The molecule has 0 radical (unpaired) electrons. The summed E-state index contributed by atoms with van der Waals surface area (Å²) in [7, 11) is 1.42. The van der Waals surface area contributed by atoms with Crippen LogP contribution < -0.4 is 5.32 Å². The molecule has 1 fully saturated rings. The highest BCUT2D eigenvalue weighted by Crippen LogP contribution is 2.41. The molecule has 6 nitrogen and oxygen atoms in total. The number of nitrogens with one attached hydrogen (secondary N) is 1. The monoisotopic (exact) mass is 414 g/mol. The number of methoxy groups -OCH3 is 1. The number of aryl methyl sites for hydroxylation is 1. The van der Waals surface area contributed by atoms with E-state index in [-0.39, 0.29) is 18.1 Å². The molecule has 29 heavy (non-hydrogen) atoms. The van der Waals surface area contributed by atoms with Crippen LogP contribution >= 0.6 is 12.2 Å². The molecular weight excluding hydrogens is 384 g/mol. The number of esters is 1. The van der Waals surface area contributed by atoms with E-state index < -0.39 is 0 Å². The quantitative estimate of drug-likeness (QED) is 0.546. The topological polar surface area (TPSA) is 59.4 Å². The second kappa shape index (κ2) is 8.95. The van der Waals surface area contributed by atoms with Crippen molar-refractivity contribution in [2.75, 3.05) is 13.7 Å². The largest absolute Gasteiger partial charge is 0.469 e. The first-order valence-corrected chi connectivity index (χ1v) is 10.5. The van der Waals surface area contributed by atoms with Crippen molar-refractivity contribution in [3.8, 4) is 0 Å². The van der Waals surface area contributed by atoms with Crippen molar-refractivity contribution in [2.24, 2.45) is 0 Å². The molecule has 0 aromatic carbocycles. The number of ether oxygens (including phenoxy) is 1. The number of carbonyl (C=O) groups excluding carboxylic acids is 1. The van der Waals surface area contributed by atoms with Crippen LogP contribution in [0.4, 0.5) is 0 Å². The van der Waals surface area contributed by atoms with E-state index in [1.165, 1.54) is 24.1 Å². The number of aromatic nitrogens is 2. The molecule has 1 N–H and O–H groups in total. The minimum Gasteiger partial charge on any atom is -0.469 e. The van der Waals surface area contributed by atoms with Gasteiger partial charge >= 0.3 is 5.97 Å². The Morgan fingerprint density at radius 1 is 1.34 bits per heavy atom. The Labute approximate surface area is 178 Å². The maximum absolute atomic E-state index is 11.6. The standard InChI is InChI=1S/C22H30N4O2S/c1-14(2)26-15(3)13-17(16(26)4)21-20(18-9-6-7-11-23-18)24-22(29)25(21)12-8-10-19(27)28-5/h6-7,9,11,13-14,20-21H,8,10,12H2,1-5H3,(H,24,29). The van der Waals surface area contributed by atoms with Gasteiger partial charge in [0.1, 0.15) is 0 Å². The molecule has 0 saturated carbocycles. The summed E-state index contributed by atoms with van der Waals surface area (Å²) < 4.78 is 7.15. The lowest BCUT2D eigenvalue weighted by molar-refractivity contribution is -0.140. The van der Waals surface area contributed by atoms with E-state index in [1.807, 2.05) is 24.4 Å². The smallest absolute Gasteiger partial charge is 0.305 e. The molecule has 2 aromatic rings. The third kappa shape index (κ3) is 4.29. The van der Waals surface area contributed by atoms with Crippen LogP contribution in [0.3, 0.4) is 0 Å². The van der Waals surface area contributed by atoms with E-state index >= 15 is 0 Å². The molecule has 156 valence electrons. The number of hydrogen-bond donors (Lipinski definition) is 1. The van der Waals surface area contributed by atoms with Crippen LogP contribution in [-0.2, 0) is 9.53 Å². The van der Waals surface area contributed by atoms with E-state index in [2.05, 4.69) is 53.5 Å². The number of thiocarbonyl (C=S) groups is 1. The van der Waals surface area contributed by atoms with E-state index in [0.717, 1.165) is 5.69 Å². The first kappa shape index (κ1) is 21.3. The molecule has 1 saturated heterocycles. The van der Waals surface area contributed by atoms with Crippen LogP contribution in [0.1, 0.15) is 67.5 Å². The Bertz CT molecular complexity index is 878. The highest BCUT2D eigenvalue weighted by molar-refractivity contribution is 7.80. The molecule has 0 bridgehead atoms. The fraction of sp³-hybridized carbons (Fsp3) is 0.500. The van der Waals surface area contributed by atoms with Crippen molar-refractivity contribution < 1.29 is 9.53 Å². The zero-order valence-electron chi connectivity index (χ0n) is 17.8. The Hall–Kier alpha value is -2.41. The van der Waals surface area contributed by atoms with Gasteiger partial charge in [0.2, 0.25) is 0 Å². The van der Waals surface area contributed by atoms with E-state index in [1.54, 1.807) is 0 Å². The highest BCUT2D eigenvalue weighted by Gasteiger charge is 2.41. The summed E-state index contributed by atoms with van der Waals surface area (Å²) in [6.07, 6.45) is 2.87. The third-order valence-electron chi connectivity index (χ3n) is 5.56. The van der Waals surface area contributed by atoms with Gasteiger partial charge in [-0.3, -0.25) is 9.78 Å². The number of hydrogen-bond acceptors (Lipinski definition) is 4. The Morgan fingerprint density at radius 2 is 2.10 bits per heavy atom. The SMILES string of the molecule is COC(=O)CCCN1C(=S)NC(c2ccccn2)C1c1cc(C)n(C(C)C)c1C. The van der Waals surface area contributed by atoms with Crippen molar-refractivity contribution >= 4 is 23.3 Å². The summed E-state index contributed by atoms with van der Waals surface area (Å²) >= 11 is 5.70. The van der Waals surface area contributed by atoms with Gasteiger partial charge in [-0.25, -0.2) is 0 Å². The summed E-state index contributed by atoms with van der Waals surface area (Å²) in [6, 6.07) is 8.58. The normalized spacial score (nSPS) is 19.0. The predicted octanol–water partition coefficient (Wildman–Crippen LogP) is 4.01. The van der Waals surface area contributed by atoms with E-state index in [4.69, 9.17) is 17.0 Å². The van der Waals surface area contributed by atoms with Gasteiger partial charge in [-0.2, -0.15) is 0 Å². The lowest BCUT2D eigenvalue weighted by Crippen LogP contribution is -2.31. The summed E-state index contributed by atoms with van der Waals surface area (Å²) in [5, 5.41) is 4.17. The number of nitrogens with zero attached hydrogens (tertiary/aromatic N) is 3. The molecule has 0 spiro atoms. The van der Waals surface area contributed by atoms with Crippen LogP contribution in [0, 0.1) is 13.8 Å². The zero-order chi connectivity index (χ0) is 21.1. The van der Waals surface area contributed by atoms with Crippen molar-refractivity contribution in [3.05, 3.63) is 53.1 Å². The van der Waals surface area contributed by atoms with E-state index in [0.29, 0.717) is 30.5 Å². The highest BCUT2D eigenvalue weighted by atomic mass is 32.1. The van der Waals surface area contributed by atoms with Crippen molar-refractivity contribution in [1.82, 2.24) is 19.8 Å². The van der Waals surface area contributed by atoms with Gasteiger partial charge in [0.05, 0.1) is 24.9 Å². The average molecular weight is 415 g/mol. The fourth-order valence-corrected chi connectivity index (χ4v) is 4.71. The first-order valence-electron chi connectivity index (χ1n) is 10.1. The Balaban J connectivity index is 1.99. The van der Waals surface area contributed by atoms with Crippen molar-refractivity contribution in [2.45, 2.75) is 58.7 Å². The van der Waals surface area contributed by atoms with Gasteiger partial charge in [-0.05, 0) is 70.1 Å². The minimum absolute atomic E-state index is 0.0220. The molecule has 7 heteroatoms. The van der Waals surface area contributed by atoms with Gasteiger partial charge in [-0.1, -0.05) is 6.07 Å². The Morgan fingerprint density at radius 3 is 2.69 bits per heavy atom. The van der Waals surface area contributed by atoms with Gasteiger partial charge < -0.3 is 19.5 Å². The lowest BCUT2D eigenvalue weighted by Gasteiger charge is -2.28. The second-order valence-corrected chi connectivity index (χ2v) is 8.18. The van der Waals surface area contributed by atoms with Crippen LogP contribution in [0.15, 0.2) is 30.5 Å². The number of carbonyl (C=O) groups is 1. The summed E-state index contributed by atoms with van der Waals surface area (Å²) in [5.41, 5.74) is 4.69. The van der Waals surface area contributed by atoms with Crippen molar-refractivity contribution in [1.29, 1.82) is 0 Å². The maximum atomic E-state index is 11.6. The van der Waals surface area contributed by atoms with E-state index in [9.17, 15) is 4.79 Å². The molecule has 2 atom stereocenters. The molecule has 1 aliphatic rings. The third-order valence-corrected chi connectivity index (χ3v) is 5.92. The number of pyridine rings is 1. The predicted molar refractivity (Wildman–Crippen MR) is 118 cm³/mol. The van der Waals surface area contributed by atoms with Crippen LogP contribution in [-0.4, -0.2) is 39.2 Å². The zero-order valence-corrected chi connectivity index (χ0v) is 18.6. The van der Waals surface area contributed by atoms with Gasteiger partial charge in [0, 0.05) is 36.6 Å². The van der Waals surface area contributed by atoms with Crippen LogP contribution in [0.2, 0.25) is 0 Å². The van der Waals surface area contributed by atoms with Crippen LogP contribution in [0.5, 0.6) is 0 Å². The summed E-state index contributed by atoms with van der Waals surface area (Å²) in [6.45, 7) is 9.40. The first-order chi connectivity index (χ1) is 13.8. The molecule has 1 aliphatic heterocycles. The average Bonchev–Trinajstić information content (AvgIpc) is 3.18. The molecule has 3 heterocycles. The van der Waals surface area contributed by atoms with Gasteiger partial charge in [0.15, 0.2) is 5.11 Å². The van der Waals surface area contributed by atoms with Gasteiger partial charge in [-0.15, -0.1) is 0 Å². The Kier molecular flexibility index (Phi) is 6.57. The minimum atomic E-state index is -0.195. The molecule has 2 aromatic heterocycles. The lowest BCUT2D eigenvalue weighted by atomic mass is 9.96. The summed E-state index contributed by atoms with van der Waals surface area (Å²) in [5.74, 6) is -0.195. The molecule has 3 rings (SSSR count). The van der Waals surface area contributed by atoms with Crippen molar-refractivity contribution in [3.63, 3.8) is 0 Å². The second-order valence-electron chi connectivity index (χ2n) is 7.79. The number of rotatable bonds is 7. The molecule has 2 unspecified atom stereocenters. The molecular formula is C22H30N4O2S. The molecule has 0 aliphatic carbocycles. The summed E-state index contributed by atoms with van der Waals surface area (Å²) in [4.78, 5) is 18.4. The fourth-order valence-electron chi connectivity index (χ4n) is 4.38. The van der Waals surface area contributed by atoms with Crippen LogP contribution in [0.25, 0.3) is 0 Å². The van der Waals surface area contributed by atoms with Gasteiger partial charge in [0.25, 0.3) is 0 Å². The molecule has 0 amide bonds.